The van der Waals surface area contributed by atoms with Crippen LogP contribution >= 0.6 is 0 Å². The zero-order valence-corrected chi connectivity index (χ0v) is 10.8. The average molecular weight is 248 g/mol. The van der Waals surface area contributed by atoms with Crippen molar-refractivity contribution in [3.63, 3.8) is 0 Å². The lowest BCUT2D eigenvalue weighted by Crippen LogP contribution is -2.52. The maximum Gasteiger partial charge on any atom is 0.240 e. The van der Waals surface area contributed by atoms with Gasteiger partial charge in [-0.15, -0.1) is 0 Å². The highest BCUT2D eigenvalue weighted by atomic mass is 16.2. The molecule has 0 radical (unpaired) electrons. The molecule has 0 saturated carbocycles. The summed E-state index contributed by atoms with van der Waals surface area (Å²) in [6.07, 6.45) is 9.82. The van der Waals surface area contributed by atoms with Gasteiger partial charge in [0.2, 0.25) is 5.91 Å². The quantitative estimate of drug-likeness (QED) is 0.803. The number of hydrogen-bond donors (Lipinski definition) is 2. The minimum Gasteiger partial charge on any atom is -0.358 e. The summed E-state index contributed by atoms with van der Waals surface area (Å²) < 4.78 is 0. The summed E-state index contributed by atoms with van der Waals surface area (Å²) >= 11 is 0. The van der Waals surface area contributed by atoms with Crippen LogP contribution in [-0.4, -0.2) is 35.0 Å². The van der Waals surface area contributed by atoms with Crippen molar-refractivity contribution in [2.75, 3.05) is 13.6 Å². The molecule has 2 heterocycles. The number of carbonyl (C=O) groups excluding carboxylic acids is 1. The zero-order chi connectivity index (χ0) is 12.8. The molecule has 0 aliphatic carbocycles. The van der Waals surface area contributed by atoms with Gasteiger partial charge in [-0.05, 0) is 38.6 Å². The Hall–Kier alpha value is -1.49. The number of likely N-dealkylation sites (N-methyl/N-ethyl adjacent to an activating group) is 1. The van der Waals surface area contributed by atoms with Gasteiger partial charge in [0.25, 0.3) is 0 Å². The van der Waals surface area contributed by atoms with Gasteiger partial charge in [-0.3, -0.25) is 14.8 Å². The number of aromatic nitrogens is 2. The maximum absolute atomic E-state index is 12.0. The van der Waals surface area contributed by atoms with E-state index in [0.29, 0.717) is 0 Å². The van der Waals surface area contributed by atoms with E-state index in [1.54, 1.807) is 25.6 Å². The highest BCUT2D eigenvalue weighted by molar-refractivity contribution is 5.86. The predicted molar refractivity (Wildman–Crippen MR) is 69.0 cm³/mol. The van der Waals surface area contributed by atoms with E-state index < -0.39 is 0 Å². The number of hydrogen-bond acceptors (Lipinski definition) is 4. The van der Waals surface area contributed by atoms with Gasteiger partial charge in [0.05, 0.1) is 11.2 Å². The van der Waals surface area contributed by atoms with Crippen LogP contribution in [-0.2, 0) is 11.2 Å². The van der Waals surface area contributed by atoms with Gasteiger partial charge in [-0.1, -0.05) is 0 Å². The van der Waals surface area contributed by atoms with Crippen LogP contribution in [0.5, 0.6) is 0 Å². The van der Waals surface area contributed by atoms with E-state index in [4.69, 9.17) is 0 Å². The van der Waals surface area contributed by atoms with Crippen molar-refractivity contribution in [2.45, 2.75) is 37.6 Å². The van der Waals surface area contributed by atoms with E-state index >= 15 is 0 Å². The lowest BCUT2D eigenvalue weighted by molar-refractivity contribution is -0.126. The van der Waals surface area contributed by atoms with E-state index in [1.807, 2.05) is 0 Å². The van der Waals surface area contributed by atoms with Crippen LogP contribution in [0.2, 0.25) is 0 Å². The van der Waals surface area contributed by atoms with Crippen LogP contribution in [0, 0.1) is 0 Å². The van der Waals surface area contributed by atoms with Crippen LogP contribution in [0.1, 0.15) is 31.4 Å². The fourth-order valence-corrected chi connectivity index (χ4v) is 2.60. The summed E-state index contributed by atoms with van der Waals surface area (Å²) in [5, 5.41) is 6.13. The van der Waals surface area contributed by atoms with Crippen molar-refractivity contribution in [1.82, 2.24) is 20.6 Å². The molecule has 1 aromatic heterocycles. The molecule has 2 rings (SSSR count). The molecule has 1 atom stereocenters. The number of aryl methyl sites for hydroxylation is 1. The van der Waals surface area contributed by atoms with E-state index in [2.05, 4.69) is 20.6 Å². The Morgan fingerprint density at radius 2 is 2.44 bits per heavy atom. The van der Waals surface area contributed by atoms with E-state index in [0.717, 1.165) is 44.3 Å². The van der Waals surface area contributed by atoms with Crippen molar-refractivity contribution < 1.29 is 4.79 Å². The Labute approximate surface area is 107 Å². The first kappa shape index (κ1) is 13.0. The Bertz CT molecular complexity index is 387. The van der Waals surface area contributed by atoms with Crippen molar-refractivity contribution >= 4 is 5.91 Å². The van der Waals surface area contributed by atoms with Gasteiger partial charge in [0, 0.05) is 25.6 Å². The number of amides is 1. The van der Waals surface area contributed by atoms with Crippen molar-refractivity contribution in [3.8, 4) is 0 Å². The molecule has 98 valence electrons. The van der Waals surface area contributed by atoms with Gasteiger partial charge in [0.15, 0.2) is 0 Å². The topological polar surface area (TPSA) is 66.9 Å². The van der Waals surface area contributed by atoms with Crippen LogP contribution in [0.3, 0.4) is 0 Å². The molecular weight excluding hydrogens is 228 g/mol. The summed E-state index contributed by atoms with van der Waals surface area (Å²) in [5.41, 5.74) is 0.624. The van der Waals surface area contributed by atoms with Crippen LogP contribution in [0.15, 0.2) is 18.6 Å². The largest absolute Gasteiger partial charge is 0.358 e. The third-order valence-corrected chi connectivity index (χ3v) is 3.56. The minimum absolute atomic E-state index is 0.110. The molecule has 1 amide bonds. The summed E-state index contributed by atoms with van der Waals surface area (Å²) in [4.78, 5) is 20.3. The monoisotopic (exact) mass is 248 g/mol. The molecular formula is C13H20N4O. The number of nitrogens with zero attached hydrogens (tertiary/aromatic N) is 2. The predicted octanol–water partition coefficient (Wildman–Crippen LogP) is 0.667. The summed E-state index contributed by atoms with van der Waals surface area (Å²) in [7, 11) is 1.70. The molecule has 5 heteroatoms. The van der Waals surface area contributed by atoms with E-state index in [1.165, 1.54) is 0 Å². The Morgan fingerprint density at radius 1 is 1.56 bits per heavy atom. The third-order valence-electron chi connectivity index (χ3n) is 3.56. The second-order valence-electron chi connectivity index (χ2n) is 4.74. The first-order valence-electron chi connectivity index (χ1n) is 6.49. The van der Waals surface area contributed by atoms with Crippen LogP contribution in [0.25, 0.3) is 0 Å². The van der Waals surface area contributed by atoms with Gasteiger partial charge in [-0.25, -0.2) is 0 Å². The third kappa shape index (κ3) is 2.85. The number of rotatable bonds is 5. The van der Waals surface area contributed by atoms with Crippen molar-refractivity contribution in [3.05, 3.63) is 24.3 Å². The Morgan fingerprint density at radius 3 is 3.06 bits per heavy atom. The molecule has 5 nitrogen and oxygen atoms in total. The molecule has 1 fully saturated rings. The standard InChI is InChI=1S/C13H20N4O/c1-14-12(18)13(6-3-7-17-13)5-2-4-11-10-15-8-9-16-11/h8-10,17H,2-7H2,1H3,(H,14,18)/t13-/m0/s1. The van der Waals surface area contributed by atoms with E-state index in [-0.39, 0.29) is 11.4 Å². The molecule has 2 N–H and O–H groups in total. The summed E-state index contributed by atoms with van der Waals surface area (Å²) in [6, 6.07) is 0. The van der Waals surface area contributed by atoms with Crippen molar-refractivity contribution in [2.24, 2.45) is 0 Å². The molecule has 1 aliphatic rings. The Kier molecular flexibility index (Phi) is 4.25. The number of nitrogens with one attached hydrogen (secondary N) is 2. The normalized spacial score (nSPS) is 22.9. The van der Waals surface area contributed by atoms with E-state index in [9.17, 15) is 4.79 Å². The Balaban J connectivity index is 1.89. The van der Waals surface area contributed by atoms with Gasteiger partial charge < -0.3 is 10.6 Å². The lowest BCUT2D eigenvalue weighted by atomic mass is 9.89. The fraction of sp³-hybridized carbons (Fsp3) is 0.615. The highest BCUT2D eigenvalue weighted by Gasteiger charge is 2.39. The summed E-state index contributed by atoms with van der Waals surface area (Å²) in [6.45, 7) is 0.929. The summed E-state index contributed by atoms with van der Waals surface area (Å²) in [5.74, 6) is 0.110. The molecule has 1 aliphatic heterocycles. The fourth-order valence-electron chi connectivity index (χ4n) is 2.60. The smallest absolute Gasteiger partial charge is 0.240 e. The molecule has 1 aromatic rings. The molecule has 0 spiro atoms. The number of carbonyl (C=O) groups is 1. The second kappa shape index (κ2) is 5.91. The van der Waals surface area contributed by atoms with Crippen LogP contribution < -0.4 is 10.6 Å². The molecule has 0 bridgehead atoms. The molecule has 1 saturated heterocycles. The van der Waals surface area contributed by atoms with Gasteiger partial charge in [0.1, 0.15) is 0 Å². The highest BCUT2D eigenvalue weighted by Crippen LogP contribution is 2.25. The lowest BCUT2D eigenvalue weighted by Gasteiger charge is -2.27. The SMILES string of the molecule is CNC(=O)[C@]1(CCCc2cnccn2)CCCN1. The minimum atomic E-state index is -0.364. The van der Waals surface area contributed by atoms with Gasteiger partial charge >= 0.3 is 0 Å². The zero-order valence-electron chi connectivity index (χ0n) is 10.8. The molecule has 18 heavy (non-hydrogen) atoms. The van der Waals surface area contributed by atoms with Crippen LogP contribution in [0.4, 0.5) is 0 Å². The first-order valence-corrected chi connectivity index (χ1v) is 6.49. The first-order chi connectivity index (χ1) is 8.77. The molecule has 0 unspecified atom stereocenters. The molecule has 0 aromatic carbocycles. The average Bonchev–Trinajstić information content (AvgIpc) is 2.89. The maximum atomic E-state index is 12.0. The van der Waals surface area contributed by atoms with Gasteiger partial charge in [-0.2, -0.15) is 0 Å². The van der Waals surface area contributed by atoms with Crippen molar-refractivity contribution in [1.29, 1.82) is 0 Å². The second-order valence-corrected chi connectivity index (χ2v) is 4.74.